The van der Waals surface area contributed by atoms with Crippen LogP contribution in [0.2, 0.25) is 0 Å². The van der Waals surface area contributed by atoms with Crippen molar-refractivity contribution in [3.05, 3.63) is 35.9 Å². The van der Waals surface area contributed by atoms with Gasteiger partial charge >= 0.3 is 5.97 Å². The van der Waals surface area contributed by atoms with E-state index >= 15 is 0 Å². The third-order valence-corrected chi connectivity index (χ3v) is 3.07. The lowest BCUT2D eigenvalue weighted by atomic mass is 9.90. The minimum Gasteiger partial charge on any atom is -0.480 e. The molecule has 1 rings (SSSR count). The third-order valence-electron chi connectivity index (χ3n) is 3.07. The third kappa shape index (κ3) is 2.25. The van der Waals surface area contributed by atoms with Crippen molar-refractivity contribution in [2.75, 3.05) is 13.6 Å². The molecular weight excluding hydrogens is 202 g/mol. The average Bonchev–Trinajstić information content (AvgIpc) is 2.29. The number of likely N-dealkylation sites (N-methyl/N-ethyl adjacent to an activating group) is 1. The van der Waals surface area contributed by atoms with Gasteiger partial charge in [-0.3, -0.25) is 4.90 Å². The van der Waals surface area contributed by atoms with E-state index in [0.717, 1.165) is 18.5 Å². The van der Waals surface area contributed by atoms with Crippen molar-refractivity contribution in [1.29, 1.82) is 0 Å². The van der Waals surface area contributed by atoms with E-state index in [1.165, 1.54) is 0 Å². The highest BCUT2D eigenvalue weighted by Crippen LogP contribution is 2.27. The van der Waals surface area contributed by atoms with Crippen LogP contribution in [0.15, 0.2) is 30.3 Å². The summed E-state index contributed by atoms with van der Waals surface area (Å²) >= 11 is 0. The number of carboxylic acids is 1. The first-order valence-electron chi connectivity index (χ1n) is 5.53. The fourth-order valence-electron chi connectivity index (χ4n) is 1.83. The Balaban J connectivity index is 3.12. The van der Waals surface area contributed by atoms with Crippen LogP contribution in [0.5, 0.6) is 0 Å². The Bertz CT molecular complexity index is 350. The molecule has 0 bridgehead atoms. The second kappa shape index (κ2) is 5.12. The monoisotopic (exact) mass is 221 g/mol. The lowest BCUT2D eigenvalue weighted by Gasteiger charge is -2.35. The molecule has 0 fully saturated rings. The SMILES string of the molecule is CCCN(C)C(C)(C(=O)O)c1ccccc1. The zero-order valence-corrected chi connectivity index (χ0v) is 10.1. The van der Waals surface area contributed by atoms with Gasteiger partial charge in [0.25, 0.3) is 0 Å². The van der Waals surface area contributed by atoms with Gasteiger partial charge in [0.1, 0.15) is 5.54 Å². The van der Waals surface area contributed by atoms with Crippen LogP contribution in [0.4, 0.5) is 0 Å². The summed E-state index contributed by atoms with van der Waals surface area (Å²) in [6, 6.07) is 9.36. The highest BCUT2D eigenvalue weighted by atomic mass is 16.4. The maximum Gasteiger partial charge on any atom is 0.328 e. The molecular formula is C13H19NO2. The molecule has 1 N–H and O–H groups in total. The van der Waals surface area contributed by atoms with Crippen molar-refractivity contribution in [3.8, 4) is 0 Å². The fraction of sp³-hybridized carbons (Fsp3) is 0.462. The van der Waals surface area contributed by atoms with Crippen LogP contribution < -0.4 is 0 Å². The highest BCUT2D eigenvalue weighted by Gasteiger charge is 2.38. The molecule has 0 aliphatic rings. The largest absolute Gasteiger partial charge is 0.480 e. The van der Waals surface area contributed by atoms with Gasteiger partial charge in [0.05, 0.1) is 0 Å². The zero-order valence-electron chi connectivity index (χ0n) is 10.1. The summed E-state index contributed by atoms with van der Waals surface area (Å²) in [4.78, 5) is 13.4. The summed E-state index contributed by atoms with van der Waals surface area (Å²) in [5.41, 5.74) is -0.129. The number of aliphatic carboxylic acids is 1. The molecule has 0 aromatic heterocycles. The molecule has 16 heavy (non-hydrogen) atoms. The minimum absolute atomic E-state index is 0.762. The van der Waals surface area contributed by atoms with Gasteiger partial charge in [-0.1, -0.05) is 37.3 Å². The van der Waals surface area contributed by atoms with Crippen molar-refractivity contribution in [1.82, 2.24) is 4.90 Å². The second-order valence-electron chi connectivity index (χ2n) is 4.16. The van der Waals surface area contributed by atoms with E-state index in [0.29, 0.717) is 0 Å². The standard InChI is InChI=1S/C13H19NO2/c1-4-10-14(3)13(2,12(15)16)11-8-6-5-7-9-11/h5-9H,4,10H2,1-3H3,(H,15,16). The van der Waals surface area contributed by atoms with Crippen LogP contribution >= 0.6 is 0 Å². The van der Waals surface area contributed by atoms with Gasteiger partial charge in [0, 0.05) is 0 Å². The molecule has 3 nitrogen and oxygen atoms in total. The van der Waals surface area contributed by atoms with Crippen molar-refractivity contribution in [3.63, 3.8) is 0 Å². The molecule has 0 aliphatic heterocycles. The first kappa shape index (κ1) is 12.7. The van der Waals surface area contributed by atoms with Gasteiger partial charge in [-0.05, 0) is 32.5 Å². The maximum absolute atomic E-state index is 11.5. The molecule has 0 heterocycles. The van der Waals surface area contributed by atoms with Crippen molar-refractivity contribution >= 4 is 5.97 Å². The lowest BCUT2D eigenvalue weighted by Crippen LogP contribution is -2.48. The molecule has 88 valence electrons. The molecule has 0 spiro atoms. The van der Waals surface area contributed by atoms with Crippen LogP contribution in [0.1, 0.15) is 25.8 Å². The van der Waals surface area contributed by atoms with Gasteiger partial charge in [-0.2, -0.15) is 0 Å². The van der Waals surface area contributed by atoms with E-state index in [1.807, 2.05) is 49.2 Å². The van der Waals surface area contributed by atoms with E-state index in [-0.39, 0.29) is 0 Å². The van der Waals surface area contributed by atoms with Crippen LogP contribution in [0, 0.1) is 0 Å². The summed E-state index contributed by atoms with van der Waals surface area (Å²) in [6.45, 7) is 4.56. The maximum atomic E-state index is 11.5. The summed E-state index contributed by atoms with van der Waals surface area (Å²) in [6.07, 6.45) is 0.937. The predicted molar refractivity (Wildman–Crippen MR) is 64.4 cm³/mol. The first-order valence-corrected chi connectivity index (χ1v) is 5.53. The summed E-state index contributed by atoms with van der Waals surface area (Å²) in [7, 11) is 1.85. The minimum atomic E-state index is -0.947. The van der Waals surface area contributed by atoms with E-state index in [9.17, 15) is 9.90 Å². The number of hydrogen-bond acceptors (Lipinski definition) is 2. The van der Waals surface area contributed by atoms with E-state index in [1.54, 1.807) is 6.92 Å². The number of rotatable bonds is 5. The molecule has 1 atom stereocenters. The Labute approximate surface area is 96.7 Å². The van der Waals surface area contributed by atoms with E-state index < -0.39 is 11.5 Å². The normalized spacial score (nSPS) is 14.8. The number of nitrogens with zero attached hydrogens (tertiary/aromatic N) is 1. The van der Waals surface area contributed by atoms with Crippen molar-refractivity contribution in [2.45, 2.75) is 25.8 Å². The summed E-state index contributed by atoms with van der Waals surface area (Å²) in [5.74, 6) is -0.811. The number of carboxylic acid groups (broad SMARTS) is 1. The Morgan fingerprint density at radius 2 is 1.94 bits per heavy atom. The summed E-state index contributed by atoms with van der Waals surface area (Å²) in [5, 5.41) is 9.44. The molecule has 1 unspecified atom stereocenters. The van der Waals surface area contributed by atoms with Crippen molar-refractivity contribution in [2.24, 2.45) is 0 Å². The zero-order chi connectivity index (χ0) is 12.2. The van der Waals surface area contributed by atoms with Gasteiger partial charge in [0.15, 0.2) is 0 Å². The number of hydrogen-bond donors (Lipinski definition) is 1. The number of carbonyl (C=O) groups is 1. The van der Waals surface area contributed by atoms with Gasteiger partial charge < -0.3 is 5.11 Å². The molecule has 1 aromatic rings. The average molecular weight is 221 g/mol. The first-order chi connectivity index (χ1) is 7.53. The van der Waals surface area contributed by atoms with Gasteiger partial charge in [-0.25, -0.2) is 4.79 Å². The van der Waals surface area contributed by atoms with Gasteiger partial charge in [0.2, 0.25) is 0 Å². The molecule has 0 amide bonds. The Kier molecular flexibility index (Phi) is 4.07. The molecule has 0 saturated heterocycles. The smallest absolute Gasteiger partial charge is 0.328 e. The van der Waals surface area contributed by atoms with Crippen LogP contribution in [-0.4, -0.2) is 29.6 Å². The highest BCUT2D eigenvalue weighted by molar-refractivity contribution is 5.80. The molecule has 1 aromatic carbocycles. The molecule has 0 saturated carbocycles. The van der Waals surface area contributed by atoms with Crippen LogP contribution in [-0.2, 0) is 10.3 Å². The lowest BCUT2D eigenvalue weighted by molar-refractivity contribution is -0.150. The van der Waals surface area contributed by atoms with E-state index in [4.69, 9.17) is 0 Å². The van der Waals surface area contributed by atoms with E-state index in [2.05, 4.69) is 0 Å². The fourth-order valence-corrected chi connectivity index (χ4v) is 1.83. The Morgan fingerprint density at radius 3 is 2.38 bits per heavy atom. The van der Waals surface area contributed by atoms with Gasteiger partial charge in [-0.15, -0.1) is 0 Å². The molecule has 0 radical (unpaired) electrons. The summed E-state index contributed by atoms with van der Waals surface area (Å²) < 4.78 is 0. The van der Waals surface area contributed by atoms with Crippen LogP contribution in [0.25, 0.3) is 0 Å². The topological polar surface area (TPSA) is 40.5 Å². The second-order valence-corrected chi connectivity index (χ2v) is 4.16. The number of benzene rings is 1. The predicted octanol–water partition coefficient (Wildman–Crippen LogP) is 2.33. The van der Waals surface area contributed by atoms with Crippen molar-refractivity contribution < 1.29 is 9.90 Å². The quantitative estimate of drug-likeness (QED) is 0.829. The molecule has 0 aliphatic carbocycles. The Morgan fingerprint density at radius 1 is 1.38 bits per heavy atom. The van der Waals surface area contributed by atoms with Crippen LogP contribution in [0.3, 0.4) is 0 Å². The Hall–Kier alpha value is -1.35. The molecule has 3 heteroatoms.